The Morgan fingerprint density at radius 3 is 2.62 bits per heavy atom. The highest BCUT2D eigenvalue weighted by Gasteiger charge is 2.37. The van der Waals surface area contributed by atoms with E-state index in [0.717, 1.165) is 36.1 Å². The van der Waals surface area contributed by atoms with E-state index in [2.05, 4.69) is 19.9 Å². The van der Waals surface area contributed by atoms with Gasteiger partial charge in [0, 0.05) is 17.3 Å². The maximum atomic E-state index is 13.5. The molecule has 3 rings (SSSR count). The fraction of sp³-hybridized carbons (Fsp3) is 0.455. The van der Waals surface area contributed by atoms with E-state index in [1.165, 1.54) is 7.11 Å². The Bertz CT molecular complexity index is 774. The van der Waals surface area contributed by atoms with Gasteiger partial charge in [0.25, 0.3) is 5.91 Å². The maximum absolute atomic E-state index is 13.5. The second-order valence-corrected chi connectivity index (χ2v) is 7.38. The molecule has 0 N–H and O–H groups in total. The number of nitrogens with zero attached hydrogens (tertiary/aromatic N) is 1. The van der Waals surface area contributed by atoms with Crippen LogP contribution in [0.2, 0.25) is 0 Å². The molecule has 0 spiro atoms. The van der Waals surface area contributed by atoms with Crippen LogP contribution in [-0.4, -0.2) is 25.0 Å². The highest BCUT2D eigenvalue weighted by atomic mass is 16.5. The minimum atomic E-state index is -0.371. The van der Waals surface area contributed by atoms with Gasteiger partial charge in [-0.3, -0.25) is 4.79 Å². The van der Waals surface area contributed by atoms with E-state index in [-0.39, 0.29) is 23.8 Å². The van der Waals surface area contributed by atoms with Crippen molar-refractivity contribution < 1.29 is 14.3 Å². The first-order valence-corrected chi connectivity index (χ1v) is 9.34. The Hall–Kier alpha value is -2.36. The van der Waals surface area contributed by atoms with Gasteiger partial charge in [-0.2, -0.15) is 0 Å². The number of methoxy groups -OCH3 is 1. The van der Waals surface area contributed by atoms with Crippen LogP contribution in [0.5, 0.6) is 0 Å². The molecule has 1 saturated carbocycles. The predicted molar refractivity (Wildman–Crippen MR) is 103 cm³/mol. The van der Waals surface area contributed by atoms with Crippen molar-refractivity contribution in [3.05, 3.63) is 53.1 Å². The van der Waals surface area contributed by atoms with Gasteiger partial charge in [0.05, 0.1) is 12.7 Å². The number of amides is 1. The number of hydrogen-bond donors (Lipinski definition) is 0. The Morgan fingerprint density at radius 1 is 1.27 bits per heavy atom. The smallest absolute Gasteiger partial charge is 0.338 e. The third-order valence-electron chi connectivity index (χ3n) is 5.58. The molecule has 0 aromatic heterocycles. The van der Waals surface area contributed by atoms with Crippen molar-refractivity contribution in [2.45, 2.75) is 46.1 Å². The highest BCUT2D eigenvalue weighted by molar-refractivity contribution is 6.08. The number of rotatable bonds is 5. The van der Waals surface area contributed by atoms with Gasteiger partial charge in [0.15, 0.2) is 0 Å². The van der Waals surface area contributed by atoms with E-state index in [1.54, 1.807) is 6.07 Å². The molecule has 26 heavy (non-hydrogen) atoms. The lowest BCUT2D eigenvalue weighted by atomic mass is 9.91. The standard InChI is InChI=1S/C22H27NO3/c1-14-8-5-6-9-18(14)21(24)23(16(3)17-12-13-17)20-11-7-10-19(15(20)2)22(25)26-4/h5-7,9-11,14,16-17H,8,12-13H2,1-4H3. The zero-order chi connectivity index (χ0) is 18.8. The molecule has 138 valence electrons. The third kappa shape index (κ3) is 3.46. The molecule has 0 radical (unpaired) electrons. The van der Waals surface area contributed by atoms with Crippen LogP contribution in [0.15, 0.2) is 42.0 Å². The van der Waals surface area contributed by atoms with Crippen molar-refractivity contribution in [2.75, 3.05) is 12.0 Å². The number of benzene rings is 1. The van der Waals surface area contributed by atoms with Crippen molar-refractivity contribution in [1.29, 1.82) is 0 Å². The summed E-state index contributed by atoms with van der Waals surface area (Å²) in [5.41, 5.74) is 2.94. The largest absolute Gasteiger partial charge is 0.465 e. The van der Waals surface area contributed by atoms with E-state index in [4.69, 9.17) is 4.74 Å². The molecule has 0 heterocycles. The minimum Gasteiger partial charge on any atom is -0.465 e. The van der Waals surface area contributed by atoms with Crippen molar-refractivity contribution >= 4 is 17.6 Å². The van der Waals surface area contributed by atoms with Crippen molar-refractivity contribution in [3.8, 4) is 0 Å². The molecule has 2 unspecified atom stereocenters. The average Bonchev–Trinajstić information content (AvgIpc) is 3.48. The van der Waals surface area contributed by atoms with Crippen LogP contribution in [-0.2, 0) is 9.53 Å². The number of carbonyl (C=O) groups excluding carboxylic acids is 2. The molecule has 0 bridgehead atoms. The Kier molecular flexibility index (Phi) is 5.30. The summed E-state index contributed by atoms with van der Waals surface area (Å²) in [5, 5.41) is 0. The molecule has 1 aromatic carbocycles. The first-order valence-electron chi connectivity index (χ1n) is 9.34. The Balaban J connectivity index is 2.05. The normalized spacial score (nSPS) is 20.3. The van der Waals surface area contributed by atoms with Crippen LogP contribution in [0.25, 0.3) is 0 Å². The number of hydrogen-bond acceptors (Lipinski definition) is 3. The van der Waals surface area contributed by atoms with E-state index in [9.17, 15) is 9.59 Å². The first-order chi connectivity index (χ1) is 12.5. The topological polar surface area (TPSA) is 46.6 Å². The zero-order valence-corrected chi connectivity index (χ0v) is 16.0. The van der Waals surface area contributed by atoms with Crippen LogP contribution in [0.1, 0.15) is 49.0 Å². The fourth-order valence-corrected chi connectivity index (χ4v) is 3.69. The molecule has 0 saturated heterocycles. The minimum absolute atomic E-state index is 0.0476. The Morgan fingerprint density at radius 2 is 2.00 bits per heavy atom. The maximum Gasteiger partial charge on any atom is 0.338 e. The second-order valence-electron chi connectivity index (χ2n) is 7.38. The van der Waals surface area contributed by atoms with Gasteiger partial charge in [-0.15, -0.1) is 0 Å². The average molecular weight is 353 g/mol. The molecule has 2 aliphatic carbocycles. The number of anilines is 1. The van der Waals surface area contributed by atoms with E-state index in [0.29, 0.717) is 11.5 Å². The lowest BCUT2D eigenvalue weighted by Gasteiger charge is -2.33. The quantitative estimate of drug-likeness (QED) is 0.736. The van der Waals surface area contributed by atoms with E-state index >= 15 is 0 Å². The van der Waals surface area contributed by atoms with Crippen LogP contribution in [0.4, 0.5) is 5.69 Å². The molecule has 4 nitrogen and oxygen atoms in total. The predicted octanol–water partition coefficient (Wildman–Crippen LogP) is 4.44. The number of carbonyl (C=O) groups is 2. The summed E-state index contributed by atoms with van der Waals surface area (Å²) in [6.07, 6.45) is 9.17. The third-order valence-corrected chi connectivity index (χ3v) is 5.58. The summed E-state index contributed by atoms with van der Waals surface area (Å²) in [5.74, 6) is 0.399. The summed E-state index contributed by atoms with van der Waals surface area (Å²) in [7, 11) is 1.38. The number of esters is 1. The fourth-order valence-electron chi connectivity index (χ4n) is 3.69. The van der Waals surface area contributed by atoms with Gasteiger partial charge < -0.3 is 9.64 Å². The highest BCUT2D eigenvalue weighted by Crippen LogP contribution is 2.39. The summed E-state index contributed by atoms with van der Waals surface area (Å²) in [6, 6.07) is 5.61. The van der Waals surface area contributed by atoms with Gasteiger partial charge in [0.1, 0.15) is 0 Å². The van der Waals surface area contributed by atoms with Crippen LogP contribution >= 0.6 is 0 Å². The molecule has 2 atom stereocenters. The van der Waals surface area contributed by atoms with Gasteiger partial charge in [0.2, 0.25) is 0 Å². The van der Waals surface area contributed by atoms with Gasteiger partial charge in [-0.05, 0) is 62.6 Å². The molecule has 1 aromatic rings. The zero-order valence-electron chi connectivity index (χ0n) is 16.0. The lowest BCUT2D eigenvalue weighted by Crippen LogP contribution is -2.42. The number of allylic oxidation sites excluding steroid dienone is 3. The Labute approximate surface area is 155 Å². The van der Waals surface area contributed by atoms with Crippen LogP contribution in [0.3, 0.4) is 0 Å². The molecular formula is C22H27NO3. The van der Waals surface area contributed by atoms with Crippen molar-refractivity contribution in [1.82, 2.24) is 0 Å². The summed E-state index contributed by atoms with van der Waals surface area (Å²) in [6.45, 7) is 6.09. The SMILES string of the molecule is COC(=O)c1cccc(N(C(=O)C2=CC=CCC2C)C(C)C2CC2)c1C. The lowest BCUT2D eigenvalue weighted by molar-refractivity contribution is -0.116. The summed E-state index contributed by atoms with van der Waals surface area (Å²) in [4.78, 5) is 27.5. The van der Waals surface area contributed by atoms with E-state index in [1.807, 2.05) is 36.1 Å². The van der Waals surface area contributed by atoms with Gasteiger partial charge in [-0.1, -0.05) is 31.2 Å². The van der Waals surface area contributed by atoms with Gasteiger partial charge in [-0.25, -0.2) is 4.79 Å². The van der Waals surface area contributed by atoms with Crippen LogP contribution in [0, 0.1) is 18.8 Å². The molecule has 1 amide bonds. The summed E-state index contributed by atoms with van der Waals surface area (Å²) >= 11 is 0. The first kappa shape index (κ1) is 18.4. The van der Waals surface area contributed by atoms with Crippen LogP contribution < -0.4 is 4.90 Å². The molecule has 4 heteroatoms. The van der Waals surface area contributed by atoms with Crippen molar-refractivity contribution in [2.24, 2.45) is 11.8 Å². The molecule has 0 aliphatic heterocycles. The van der Waals surface area contributed by atoms with E-state index < -0.39 is 0 Å². The monoisotopic (exact) mass is 353 g/mol. The molecular weight excluding hydrogens is 326 g/mol. The molecule has 1 fully saturated rings. The van der Waals surface area contributed by atoms with Gasteiger partial charge >= 0.3 is 5.97 Å². The molecule has 2 aliphatic rings. The second kappa shape index (κ2) is 7.48. The summed E-state index contributed by atoms with van der Waals surface area (Å²) < 4.78 is 4.90. The van der Waals surface area contributed by atoms with Crippen molar-refractivity contribution in [3.63, 3.8) is 0 Å². The number of ether oxygens (including phenoxy) is 1.